The number of hydrogen-bond acceptors (Lipinski definition) is 3. The molecule has 0 radical (unpaired) electrons. The maximum Gasteiger partial charge on any atom is 0.228 e. The summed E-state index contributed by atoms with van der Waals surface area (Å²) in [7, 11) is 1.54. The molecular formula is C18H23ClN2O3. The van der Waals surface area contributed by atoms with Crippen LogP contribution in [0.15, 0.2) is 18.2 Å². The average molecular weight is 351 g/mol. The van der Waals surface area contributed by atoms with Crippen LogP contribution in [0.2, 0.25) is 5.02 Å². The largest absolute Gasteiger partial charge is 0.495 e. The van der Waals surface area contributed by atoms with Crippen LogP contribution in [0.1, 0.15) is 32.1 Å². The summed E-state index contributed by atoms with van der Waals surface area (Å²) < 4.78 is 5.10. The molecule has 1 aromatic rings. The van der Waals surface area contributed by atoms with Gasteiger partial charge in [0.15, 0.2) is 0 Å². The van der Waals surface area contributed by atoms with Crippen molar-refractivity contribution in [1.82, 2.24) is 4.90 Å². The Morgan fingerprint density at radius 3 is 2.50 bits per heavy atom. The minimum atomic E-state index is -0.221. The third-order valence-electron chi connectivity index (χ3n) is 4.78. The third kappa shape index (κ3) is 3.83. The first-order valence-electron chi connectivity index (χ1n) is 8.53. The lowest BCUT2D eigenvalue weighted by Crippen LogP contribution is -2.34. The van der Waals surface area contributed by atoms with Crippen LogP contribution in [0.3, 0.4) is 0 Å². The van der Waals surface area contributed by atoms with Gasteiger partial charge in [0.05, 0.1) is 24.0 Å². The minimum absolute atomic E-state index is 0.107. The van der Waals surface area contributed by atoms with Crippen molar-refractivity contribution in [1.29, 1.82) is 0 Å². The van der Waals surface area contributed by atoms with Gasteiger partial charge in [-0.05, 0) is 37.5 Å². The van der Waals surface area contributed by atoms with E-state index in [9.17, 15) is 9.59 Å². The van der Waals surface area contributed by atoms with Gasteiger partial charge >= 0.3 is 0 Å². The van der Waals surface area contributed by atoms with E-state index in [1.54, 1.807) is 25.3 Å². The predicted molar refractivity (Wildman–Crippen MR) is 93.3 cm³/mol. The summed E-state index contributed by atoms with van der Waals surface area (Å²) in [6.07, 6.45) is 5.16. The molecular weight excluding hydrogens is 328 g/mol. The number of ether oxygens (including phenoxy) is 1. The van der Waals surface area contributed by atoms with E-state index in [0.717, 1.165) is 25.9 Å². The molecule has 1 aliphatic carbocycles. The summed E-state index contributed by atoms with van der Waals surface area (Å²) in [6, 6.07) is 5.12. The first-order valence-corrected chi connectivity index (χ1v) is 8.91. The van der Waals surface area contributed by atoms with Gasteiger partial charge in [0.25, 0.3) is 0 Å². The van der Waals surface area contributed by atoms with Crippen molar-refractivity contribution in [3.05, 3.63) is 23.2 Å². The number of nitrogens with zero attached hydrogens (tertiary/aromatic N) is 1. The molecule has 1 saturated carbocycles. The number of amides is 2. The molecule has 1 aliphatic heterocycles. The number of likely N-dealkylation sites (tertiary alicyclic amines) is 1. The lowest BCUT2D eigenvalue weighted by Gasteiger charge is -2.20. The maximum atomic E-state index is 12.5. The summed E-state index contributed by atoms with van der Waals surface area (Å²) >= 11 is 6.07. The van der Waals surface area contributed by atoms with Crippen LogP contribution in [0.4, 0.5) is 5.69 Å². The fraction of sp³-hybridized carbons (Fsp3) is 0.556. The topological polar surface area (TPSA) is 58.6 Å². The van der Waals surface area contributed by atoms with Gasteiger partial charge in [0.1, 0.15) is 5.75 Å². The van der Waals surface area contributed by atoms with Crippen LogP contribution in [0.25, 0.3) is 0 Å². The first kappa shape index (κ1) is 17.1. The monoisotopic (exact) mass is 350 g/mol. The van der Waals surface area contributed by atoms with Gasteiger partial charge in [-0.1, -0.05) is 24.4 Å². The Labute approximate surface area is 147 Å². The highest BCUT2D eigenvalue weighted by Gasteiger charge is 2.49. The van der Waals surface area contributed by atoms with Crippen LogP contribution in [0, 0.1) is 11.8 Å². The Morgan fingerprint density at radius 1 is 1.17 bits per heavy atom. The Hall–Kier alpha value is -1.75. The first-order chi connectivity index (χ1) is 11.6. The zero-order chi connectivity index (χ0) is 17.1. The van der Waals surface area contributed by atoms with Gasteiger partial charge in [0.2, 0.25) is 11.8 Å². The second kappa shape index (κ2) is 7.43. The van der Waals surface area contributed by atoms with Crippen LogP contribution >= 0.6 is 11.6 Å². The number of methoxy groups -OCH3 is 1. The molecule has 2 amide bonds. The average Bonchev–Trinajstić information content (AvgIpc) is 3.38. The van der Waals surface area contributed by atoms with E-state index >= 15 is 0 Å². The van der Waals surface area contributed by atoms with Crippen LogP contribution in [-0.4, -0.2) is 36.9 Å². The Kier molecular flexibility index (Phi) is 5.29. The zero-order valence-electron chi connectivity index (χ0n) is 13.9. The van der Waals surface area contributed by atoms with Crippen molar-refractivity contribution in [2.24, 2.45) is 11.8 Å². The maximum absolute atomic E-state index is 12.5. The number of rotatable bonds is 4. The lowest BCUT2D eigenvalue weighted by molar-refractivity contribution is -0.134. The molecule has 6 heteroatoms. The van der Waals surface area contributed by atoms with E-state index in [1.807, 2.05) is 4.90 Å². The van der Waals surface area contributed by atoms with E-state index in [0.29, 0.717) is 22.9 Å². The van der Waals surface area contributed by atoms with Crippen molar-refractivity contribution in [2.45, 2.75) is 32.1 Å². The van der Waals surface area contributed by atoms with E-state index in [-0.39, 0.29) is 23.7 Å². The van der Waals surface area contributed by atoms with Gasteiger partial charge in [0, 0.05) is 18.8 Å². The Balaban J connectivity index is 1.55. The number of carbonyl (C=O) groups excluding carboxylic acids is 2. The molecule has 0 aromatic heterocycles. The van der Waals surface area contributed by atoms with E-state index in [1.165, 1.54) is 12.8 Å². The van der Waals surface area contributed by atoms with Gasteiger partial charge in [-0.25, -0.2) is 0 Å². The van der Waals surface area contributed by atoms with Gasteiger partial charge in [-0.2, -0.15) is 0 Å². The molecule has 2 fully saturated rings. The normalized spacial score (nSPS) is 23.3. The number of halogens is 1. The molecule has 3 rings (SSSR count). The Morgan fingerprint density at radius 2 is 1.88 bits per heavy atom. The molecule has 0 bridgehead atoms. The van der Waals surface area contributed by atoms with E-state index in [2.05, 4.69) is 5.32 Å². The molecule has 1 aromatic carbocycles. The second-order valence-corrected chi connectivity index (χ2v) is 6.93. The van der Waals surface area contributed by atoms with Gasteiger partial charge < -0.3 is 15.0 Å². The van der Waals surface area contributed by atoms with Crippen LogP contribution < -0.4 is 10.1 Å². The van der Waals surface area contributed by atoms with Gasteiger partial charge in [-0.15, -0.1) is 0 Å². The third-order valence-corrected chi connectivity index (χ3v) is 5.08. The fourth-order valence-electron chi connectivity index (χ4n) is 3.26. The Bertz CT molecular complexity index is 627. The highest BCUT2D eigenvalue weighted by Crippen LogP contribution is 2.41. The van der Waals surface area contributed by atoms with Gasteiger partial charge in [-0.3, -0.25) is 9.59 Å². The smallest absolute Gasteiger partial charge is 0.228 e. The molecule has 130 valence electrons. The summed E-state index contributed by atoms with van der Waals surface area (Å²) in [6.45, 7) is 1.66. The SMILES string of the molecule is COc1ccc(NC(=O)C2CC2C(=O)N2CCCCCC2)cc1Cl. The summed E-state index contributed by atoms with van der Waals surface area (Å²) in [5, 5.41) is 3.29. The van der Waals surface area contributed by atoms with E-state index < -0.39 is 0 Å². The molecule has 1 heterocycles. The quantitative estimate of drug-likeness (QED) is 0.906. The van der Waals surface area contributed by atoms with Crippen molar-refractivity contribution >= 4 is 29.1 Å². The summed E-state index contributed by atoms with van der Waals surface area (Å²) in [5.41, 5.74) is 0.624. The van der Waals surface area contributed by atoms with Crippen LogP contribution in [-0.2, 0) is 9.59 Å². The number of nitrogens with one attached hydrogen (secondary N) is 1. The summed E-state index contributed by atoms with van der Waals surface area (Å²) in [5.74, 6) is 0.225. The van der Waals surface area contributed by atoms with Crippen molar-refractivity contribution in [2.75, 3.05) is 25.5 Å². The fourth-order valence-corrected chi connectivity index (χ4v) is 3.52. The highest BCUT2D eigenvalue weighted by molar-refractivity contribution is 6.32. The number of benzene rings is 1. The second-order valence-electron chi connectivity index (χ2n) is 6.53. The van der Waals surface area contributed by atoms with Crippen molar-refractivity contribution < 1.29 is 14.3 Å². The van der Waals surface area contributed by atoms with E-state index in [4.69, 9.17) is 16.3 Å². The van der Waals surface area contributed by atoms with Crippen LogP contribution in [0.5, 0.6) is 5.75 Å². The number of hydrogen-bond donors (Lipinski definition) is 1. The molecule has 2 aliphatic rings. The number of carbonyl (C=O) groups is 2. The predicted octanol–water partition coefficient (Wildman–Crippen LogP) is 3.33. The standard InChI is InChI=1S/C18H23ClN2O3/c1-24-16-7-6-12(10-15(16)19)20-17(22)13-11-14(13)18(23)21-8-4-2-3-5-9-21/h6-7,10,13-14H,2-5,8-9,11H2,1H3,(H,20,22). The minimum Gasteiger partial charge on any atom is -0.495 e. The summed E-state index contributed by atoms with van der Waals surface area (Å²) in [4.78, 5) is 26.8. The zero-order valence-corrected chi connectivity index (χ0v) is 14.6. The number of anilines is 1. The highest BCUT2D eigenvalue weighted by atomic mass is 35.5. The molecule has 1 N–H and O–H groups in total. The molecule has 2 atom stereocenters. The molecule has 2 unspecified atom stereocenters. The molecule has 1 saturated heterocycles. The molecule has 0 spiro atoms. The molecule has 5 nitrogen and oxygen atoms in total. The van der Waals surface area contributed by atoms with Crippen molar-refractivity contribution in [3.8, 4) is 5.75 Å². The molecule has 24 heavy (non-hydrogen) atoms. The van der Waals surface area contributed by atoms with Crippen molar-refractivity contribution in [3.63, 3.8) is 0 Å². The lowest BCUT2D eigenvalue weighted by atomic mass is 10.2.